The summed E-state index contributed by atoms with van der Waals surface area (Å²) in [6.45, 7) is 0.265. The fraction of sp³-hybridized carbons (Fsp3) is 0.125. The summed E-state index contributed by atoms with van der Waals surface area (Å²) in [5.74, 6) is 1.76. The van der Waals surface area contributed by atoms with Crippen LogP contribution in [-0.2, 0) is 6.42 Å². The molecule has 1 aliphatic heterocycles. The van der Waals surface area contributed by atoms with E-state index in [-0.39, 0.29) is 12.7 Å². The van der Waals surface area contributed by atoms with Crippen LogP contribution < -0.4 is 15.2 Å². The number of nitrogen functional groups attached to an aromatic ring is 1. The van der Waals surface area contributed by atoms with Crippen molar-refractivity contribution < 1.29 is 9.47 Å². The molecule has 0 saturated heterocycles. The van der Waals surface area contributed by atoms with E-state index in [2.05, 4.69) is 9.97 Å². The fourth-order valence-electron chi connectivity index (χ4n) is 2.57. The first-order valence-electron chi connectivity index (χ1n) is 6.79. The van der Waals surface area contributed by atoms with E-state index in [0.29, 0.717) is 11.4 Å². The Labute approximate surface area is 131 Å². The molecule has 2 heterocycles. The number of nitrogens with two attached hydrogens (primary N) is 1. The minimum absolute atomic E-state index is 0.241. The number of hydrogen-bond donors (Lipinski definition) is 1. The molecule has 0 aliphatic carbocycles. The molecule has 0 radical (unpaired) electrons. The van der Waals surface area contributed by atoms with Crippen molar-refractivity contribution >= 4 is 28.5 Å². The maximum atomic E-state index is 6.02. The Balaban J connectivity index is 1.78. The largest absolute Gasteiger partial charge is 0.454 e. The summed E-state index contributed by atoms with van der Waals surface area (Å²) in [5, 5.41) is 1.57. The highest BCUT2D eigenvalue weighted by Crippen LogP contribution is 2.33. The summed E-state index contributed by atoms with van der Waals surface area (Å²) in [4.78, 5) is 8.61. The van der Waals surface area contributed by atoms with E-state index in [4.69, 9.17) is 26.8 Å². The predicted molar refractivity (Wildman–Crippen MR) is 84.3 cm³/mol. The molecule has 110 valence electrons. The Morgan fingerprint density at radius 3 is 2.82 bits per heavy atom. The Hall–Kier alpha value is -2.53. The summed E-state index contributed by atoms with van der Waals surface area (Å²) in [7, 11) is 0. The lowest BCUT2D eigenvalue weighted by Crippen LogP contribution is -2.01. The highest BCUT2D eigenvalue weighted by molar-refractivity contribution is 6.31. The molecule has 0 atom stereocenters. The molecule has 0 bridgehead atoms. The molecule has 2 N–H and O–H groups in total. The maximum Gasteiger partial charge on any atom is 0.231 e. The van der Waals surface area contributed by atoms with Crippen LogP contribution in [0.3, 0.4) is 0 Å². The summed E-state index contributed by atoms with van der Waals surface area (Å²) >= 11 is 6.02. The molecular formula is C16H12ClN3O2. The first kappa shape index (κ1) is 13.2. The number of rotatable bonds is 2. The number of benzene rings is 2. The van der Waals surface area contributed by atoms with E-state index in [0.717, 1.165) is 33.7 Å². The van der Waals surface area contributed by atoms with Gasteiger partial charge in [0.25, 0.3) is 0 Å². The Bertz CT molecular complexity index is 877. The van der Waals surface area contributed by atoms with Crippen molar-refractivity contribution in [3.63, 3.8) is 0 Å². The second-order valence-corrected chi connectivity index (χ2v) is 5.49. The average Bonchev–Trinajstić information content (AvgIpc) is 2.94. The lowest BCUT2D eigenvalue weighted by molar-refractivity contribution is 0.174. The highest BCUT2D eigenvalue weighted by Gasteiger charge is 2.14. The van der Waals surface area contributed by atoms with Crippen molar-refractivity contribution in [1.29, 1.82) is 0 Å². The average molecular weight is 314 g/mol. The third-order valence-electron chi connectivity index (χ3n) is 3.56. The second kappa shape index (κ2) is 5.03. The normalized spacial score (nSPS) is 12.8. The first-order chi connectivity index (χ1) is 10.7. The SMILES string of the molecule is Nc1nc(Cc2ccc3c(c2)OCO3)c2ccc(Cl)cc2n1. The van der Waals surface area contributed by atoms with Gasteiger partial charge < -0.3 is 15.2 Å². The quantitative estimate of drug-likeness (QED) is 0.786. The summed E-state index contributed by atoms with van der Waals surface area (Å²) in [6.07, 6.45) is 0.626. The van der Waals surface area contributed by atoms with E-state index in [9.17, 15) is 0 Å². The van der Waals surface area contributed by atoms with Crippen LogP contribution in [-0.4, -0.2) is 16.8 Å². The van der Waals surface area contributed by atoms with E-state index >= 15 is 0 Å². The molecule has 0 unspecified atom stereocenters. The van der Waals surface area contributed by atoms with Crippen molar-refractivity contribution in [2.75, 3.05) is 12.5 Å². The van der Waals surface area contributed by atoms with Crippen LogP contribution >= 0.6 is 11.6 Å². The van der Waals surface area contributed by atoms with Crippen molar-refractivity contribution in [3.05, 3.63) is 52.7 Å². The van der Waals surface area contributed by atoms with Gasteiger partial charge in [0, 0.05) is 16.8 Å². The van der Waals surface area contributed by atoms with E-state index in [1.165, 1.54) is 0 Å². The third-order valence-corrected chi connectivity index (χ3v) is 3.80. The van der Waals surface area contributed by atoms with E-state index < -0.39 is 0 Å². The minimum Gasteiger partial charge on any atom is -0.454 e. The van der Waals surface area contributed by atoms with Gasteiger partial charge in [-0.3, -0.25) is 0 Å². The van der Waals surface area contributed by atoms with Crippen LogP contribution in [0.25, 0.3) is 10.9 Å². The molecule has 1 aromatic heterocycles. The van der Waals surface area contributed by atoms with Crippen molar-refractivity contribution in [1.82, 2.24) is 9.97 Å². The van der Waals surface area contributed by atoms with Crippen LogP contribution in [0.15, 0.2) is 36.4 Å². The standard InChI is InChI=1S/C16H12ClN3O2/c17-10-2-3-11-12(19-16(18)20-13(11)7-10)5-9-1-4-14-15(6-9)22-8-21-14/h1-4,6-7H,5,8H2,(H2,18,19,20). The second-order valence-electron chi connectivity index (χ2n) is 5.05. The molecule has 4 rings (SSSR count). The molecule has 0 fully saturated rings. The third kappa shape index (κ3) is 2.29. The van der Waals surface area contributed by atoms with Crippen LogP contribution in [0.1, 0.15) is 11.3 Å². The molecule has 2 aromatic carbocycles. The zero-order valence-electron chi connectivity index (χ0n) is 11.5. The van der Waals surface area contributed by atoms with Crippen LogP contribution in [0, 0.1) is 0 Å². The van der Waals surface area contributed by atoms with Gasteiger partial charge in [-0.25, -0.2) is 9.97 Å². The molecule has 0 spiro atoms. The Morgan fingerprint density at radius 1 is 1.05 bits per heavy atom. The molecule has 6 heteroatoms. The number of aromatic nitrogens is 2. The first-order valence-corrected chi connectivity index (χ1v) is 7.17. The molecule has 0 saturated carbocycles. The summed E-state index contributed by atoms with van der Waals surface area (Å²) < 4.78 is 10.7. The van der Waals surface area contributed by atoms with Gasteiger partial charge in [0.2, 0.25) is 12.7 Å². The number of nitrogens with zero attached hydrogens (tertiary/aromatic N) is 2. The fourth-order valence-corrected chi connectivity index (χ4v) is 2.73. The van der Waals surface area contributed by atoms with Gasteiger partial charge in [0.15, 0.2) is 11.5 Å². The summed E-state index contributed by atoms with van der Waals surface area (Å²) in [6, 6.07) is 11.4. The zero-order chi connectivity index (χ0) is 15.1. The van der Waals surface area contributed by atoms with Gasteiger partial charge in [-0.2, -0.15) is 0 Å². The van der Waals surface area contributed by atoms with Crippen LogP contribution in [0.4, 0.5) is 5.95 Å². The van der Waals surface area contributed by atoms with Crippen LogP contribution in [0.2, 0.25) is 5.02 Å². The molecule has 1 aliphatic rings. The number of hydrogen-bond acceptors (Lipinski definition) is 5. The number of halogens is 1. The lowest BCUT2D eigenvalue weighted by atomic mass is 10.1. The van der Waals surface area contributed by atoms with Gasteiger partial charge in [-0.05, 0) is 35.9 Å². The molecular weight excluding hydrogens is 302 g/mol. The van der Waals surface area contributed by atoms with Crippen molar-refractivity contribution in [2.24, 2.45) is 0 Å². The van der Waals surface area contributed by atoms with Crippen molar-refractivity contribution in [3.8, 4) is 11.5 Å². The summed E-state index contributed by atoms with van der Waals surface area (Å²) in [5.41, 5.74) is 8.48. The molecule has 0 amide bonds. The van der Waals surface area contributed by atoms with Gasteiger partial charge in [-0.15, -0.1) is 0 Å². The maximum absolute atomic E-state index is 6.02. The van der Waals surface area contributed by atoms with E-state index in [1.807, 2.05) is 30.3 Å². The number of anilines is 1. The molecule has 5 nitrogen and oxygen atoms in total. The Morgan fingerprint density at radius 2 is 1.91 bits per heavy atom. The van der Waals surface area contributed by atoms with Gasteiger partial charge in [0.1, 0.15) is 0 Å². The Kier molecular flexibility index (Phi) is 3.01. The van der Waals surface area contributed by atoms with Crippen LogP contribution in [0.5, 0.6) is 11.5 Å². The zero-order valence-corrected chi connectivity index (χ0v) is 12.3. The predicted octanol–water partition coefficient (Wildman–Crippen LogP) is 3.18. The molecule has 22 heavy (non-hydrogen) atoms. The van der Waals surface area contributed by atoms with Gasteiger partial charge in [0.05, 0.1) is 11.2 Å². The highest BCUT2D eigenvalue weighted by atomic mass is 35.5. The smallest absolute Gasteiger partial charge is 0.231 e. The number of ether oxygens (including phenoxy) is 2. The topological polar surface area (TPSA) is 70.3 Å². The van der Waals surface area contributed by atoms with Gasteiger partial charge >= 0.3 is 0 Å². The molecule has 3 aromatic rings. The minimum atomic E-state index is 0.241. The van der Waals surface area contributed by atoms with E-state index in [1.54, 1.807) is 6.07 Å². The van der Waals surface area contributed by atoms with Crippen molar-refractivity contribution in [2.45, 2.75) is 6.42 Å². The lowest BCUT2D eigenvalue weighted by Gasteiger charge is -2.08. The van der Waals surface area contributed by atoms with Gasteiger partial charge in [-0.1, -0.05) is 17.7 Å². The number of fused-ring (bicyclic) bond motifs is 2. The monoisotopic (exact) mass is 313 g/mol.